The van der Waals surface area contributed by atoms with Crippen LogP contribution < -0.4 is 5.73 Å². The molecule has 1 aromatic rings. The molecular weight excluding hydrogens is 365 g/mol. The Bertz CT molecular complexity index is 391. The summed E-state index contributed by atoms with van der Waals surface area (Å²) in [5, 5.41) is 3.73. The molecule has 0 aliphatic carbocycles. The first kappa shape index (κ1) is 15.5. The Hall–Kier alpha value is -0.510. The van der Waals surface area contributed by atoms with Crippen LogP contribution in [0.4, 0.5) is 0 Å². The maximum absolute atomic E-state index is 5.92. The van der Waals surface area contributed by atoms with Crippen LogP contribution in [0.2, 0.25) is 0 Å². The molecule has 1 aliphatic rings. The van der Waals surface area contributed by atoms with Crippen molar-refractivity contribution in [2.45, 2.75) is 13.3 Å². The Balaban J connectivity index is 0.00000162. The summed E-state index contributed by atoms with van der Waals surface area (Å²) >= 11 is 1.95. The summed E-state index contributed by atoms with van der Waals surface area (Å²) in [6.45, 7) is 4.37. The highest BCUT2D eigenvalue weighted by Crippen LogP contribution is 2.08. The van der Waals surface area contributed by atoms with Crippen LogP contribution in [0.5, 0.6) is 0 Å². The van der Waals surface area contributed by atoms with E-state index >= 15 is 0 Å². The molecule has 2 rings (SSSR count). The number of aliphatic imine (C=N–C) groups is 1. The summed E-state index contributed by atoms with van der Waals surface area (Å²) in [7, 11) is 0. The molecule has 0 atom stereocenters. The van der Waals surface area contributed by atoms with Crippen LogP contribution in [-0.4, -0.2) is 52.1 Å². The molecule has 1 saturated heterocycles. The Morgan fingerprint density at radius 1 is 1.50 bits per heavy atom. The van der Waals surface area contributed by atoms with Gasteiger partial charge in [0.1, 0.15) is 0 Å². The van der Waals surface area contributed by atoms with Crippen molar-refractivity contribution in [3.05, 3.63) is 11.7 Å². The average Bonchev–Trinajstić information content (AvgIpc) is 2.76. The highest BCUT2D eigenvalue weighted by molar-refractivity contribution is 14.0. The molecule has 0 amide bonds. The van der Waals surface area contributed by atoms with Crippen LogP contribution in [0.15, 0.2) is 9.52 Å². The molecule has 1 aromatic heterocycles. The van der Waals surface area contributed by atoms with E-state index in [1.807, 2.05) is 11.8 Å². The van der Waals surface area contributed by atoms with Gasteiger partial charge in [0.2, 0.25) is 5.89 Å². The van der Waals surface area contributed by atoms with Crippen LogP contribution in [0, 0.1) is 6.92 Å². The van der Waals surface area contributed by atoms with Crippen molar-refractivity contribution in [3.8, 4) is 0 Å². The lowest BCUT2D eigenvalue weighted by Crippen LogP contribution is -2.42. The second kappa shape index (κ2) is 7.82. The number of rotatable bonds is 3. The number of hydrogen-bond donors (Lipinski definition) is 1. The molecule has 8 heteroatoms. The van der Waals surface area contributed by atoms with Crippen molar-refractivity contribution in [1.29, 1.82) is 0 Å². The fraction of sp³-hybridized carbons (Fsp3) is 0.700. The molecule has 0 unspecified atom stereocenters. The third-order valence-corrected chi connectivity index (χ3v) is 3.45. The van der Waals surface area contributed by atoms with E-state index in [9.17, 15) is 0 Å². The van der Waals surface area contributed by atoms with Gasteiger partial charge in [0, 0.05) is 31.0 Å². The zero-order chi connectivity index (χ0) is 12.1. The maximum Gasteiger partial charge on any atom is 0.228 e. The summed E-state index contributed by atoms with van der Waals surface area (Å²) in [4.78, 5) is 10.6. The second-order valence-electron chi connectivity index (χ2n) is 3.82. The van der Waals surface area contributed by atoms with Gasteiger partial charge in [-0.3, -0.25) is 4.99 Å². The van der Waals surface area contributed by atoms with E-state index < -0.39 is 0 Å². The Morgan fingerprint density at radius 3 is 2.83 bits per heavy atom. The smallest absolute Gasteiger partial charge is 0.228 e. The van der Waals surface area contributed by atoms with Gasteiger partial charge >= 0.3 is 0 Å². The molecule has 1 aliphatic heterocycles. The number of halogens is 1. The minimum Gasteiger partial charge on any atom is -0.370 e. The van der Waals surface area contributed by atoms with E-state index in [0.717, 1.165) is 24.6 Å². The van der Waals surface area contributed by atoms with Crippen molar-refractivity contribution in [2.75, 3.05) is 31.1 Å². The van der Waals surface area contributed by atoms with Crippen molar-refractivity contribution in [1.82, 2.24) is 15.0 Å². The van der Waals surface area contributed by atoms with E-state index in [1.54, 1.807) is 6.92 Å². The van der Waals surface area contributed by atoms with Crippen LogP contribution in [0.1, 0.15) is 11.7 Å². The molecule has 2 heterocycles. The molecule has 1 fully saturated rings. The predicted octanol–water partition coefficient (Wildman–Crippen LogP) is 0.902. The van der Waals surface area contributed by atoms with Crippen LogP contribution in [0.3, 0.4) is 0 Å². The summed E-state index contributed by atoms with van der Waals surface area (Å²) < 4.78 is 5.00. The highest BCUT2D eigenvalue weighted by Gasteiger charge is 2.11. The normalized spacial score (nSPS) is 16.5. The lowest BCUT2D eigenvalue weighted by Gasteiger charge is -2.27. The first-order chi connectivity index (χ1) is 8.25. The molecule has 0 radical (unpaired) electrons. The Labute approximate surface area is 128 Å². The van der Waals surface area contributed by atoms with Gasteiger partial charge in [0.15, 0.2) is 11.8 Å². The minimum absolute atomic E-state index is 0. The molecule has 2 N–H and O–H groups in total. The Morgan fingerprint density at radius 2 is 2.22 bits per heavy atom. The topological polar surface area (TPSA) is 80.5 Å². The maximum atomic E-state index is 5.92. The first-order valence-electron chi connectivity index (χ1n) is 5.67. The zero-order valence-electron chi connectivity index (χ0n) is 10.3. The van der Waals surface area contributed by atoms with Gasteiger partial charge in [-0.1, -0.05) is 5.16 Å². The number of aryl methyl sites for hydroxylation is 1. The molecule has 0 spiro atoms. The second-order valence-corrected chi connectivity index (χ2v) is 5.05. The zero-order valence-corrected chi connectivity index (χ0v) is 13.5. The van der Waals surface area contributed by atoms with E-state index in [-0.39, 0.29) is 24.0 Å². The SMILES string of the molecule is Cc1noc(CCN=C(N)N2CCSCC2)n1.I. The fourth-order valence-corrected chi connectivity index (χ4v) is 2.50. The lowest BCUT2D eigenvalue weighted by molar-refractivity contribution is 0.375. The van der Waals surface area contributed by atoms with Gasteiger partial charge < -0.3 is 15.2 Å². The quantitative estimate of drug-likeness (QED) is 0.475. The van der Waals surface area contributed by atoms with Crippen molar-refractivity contribution in [3.63, 3.8) is 0 Å². The van der Waals surface area contributed by atoms with Gasteiger partial charge in [-0.05, 0) is 6.92 Å². The van der Waals surface area contributed by atoms with Crippen LogP contribution >= 0.6 is 35.7 Å². The predicted molar refractivity (Wildman–Crippen MR) is 83.5 cm³/mol. The lowest BCUT2D eigenvalue weighted by atomic mass is 10.4. The molecule has 6 nitrogen and oxygen atoms in total. The Kier molecular flexibility index (Phi) is 6.76. The van der Waals surface area contributed by atoms with Gasteiger partial charge in [-0.2, -0.15) is 16.7 Å². The molecule has 0 bridgehead atoms. The molecule has 18 heavy (non-hydrogen) atoms. The van der Waals surface area contributed by atoms with E-state index in [0.29, 0.717) is 30.6 Å². The number of hydrogen-bond acceptors (Lipinski definition) is 5. The summed E-state index contributed by atoms with van der Waals surface area (Å²) in [5.41, 5.74) is 5.92. The molecule has 0 aromatic carbocycles. The number of aromatic nitrogens is 2. The van der Waals surface area contributed by atoms with Gasteiger partial charge in [-0.25, -0.2) is 0 Å². The van der Waals surface area contributed by atoms with E-state index in [4.69, 9.17) is 10.3 Å². The van der Waals surface area contributed by atoms with E-state index in [2.05, 4.69) is 20.0 Å². The molecule has 0 saturated carbocycles. The summed E-state index contributed by atoms with van der Waals surface area (Å²) in [6, 6.07) is 0. The van der Waals surface area contributed by atoms with Crippen LogP contribution in [-0.2, 0) is 6.42 Å². The van der Waals surface area contributed by atoms with Gasteiger partial charge in [0.25, 0.3) is 0 Å². The third kappa shape index (κ3) is 4.63. The van der Waals surface area contributed by atoms with Crippen molar-refractivity contribution in [2.24, 2.45) is 10.7 Å². The molecular formula is C10H18IN5OS. The highest BCUT2D eigenvalue weighted by atomic mass is 127. The van der Waals surface area contributed by atoms with Gasteiger partial charge in [-0.15, -0.1) is 24.0 Å². The largest absolute Gasteiger partial charge is 0.370 e. The van der Waals surface area contributed by atoms with Crippen molar-refractivity contribution < 1.29 is 4.52 Å². The average molecular weight is 383 g/mol. The van der Waals surface area contributed by atoms with E-state index in [1.165, 1.54) is 0 Å². The minimum atomic E-state index is 0. The monoisotopic (exact) mass is 383 g/mol. The standard InChI is InChI=1S/C10H17N5OS.HI/c1-8-13-9(16-14-8)2-3-12-10(11)15-4-6-17-7-5-15;/h2-7H2,1H3,(H2,11,12);1H. The number of nitrogens with two attached hydrogens (primary N) is 1. The third-order valence-electron chi connectivity index (χ3n) is 2.50. The number of guanidine groups is 1. The molecule has 102 valence electrons. The van der Waals surface area contributed by atoms with Crippen LogP contribution in [0.25, 0.3) is 0 Å². The number of nitrogens with zero attached hydrogens (tertiary/aromatic N) is 4. The van der Waals surface area contributed by atoms with Gasteiger partial charge in [0.05, 0.1) is 6.54 Å². The summed E-state index contributed by atoms with van der Waals surface area (Å²) in [5.74, 6) is 4.15. The summed E-state index contributed by atoms with van der Waals surface area (Å²) in [6.07, 6.45) is 0.643. The van der Waals surface area contributed by atoms with Crippen molar-refractivity contribution >= 4 is 41.7 Å². The fourth-order valence-electron chi connectivity index (χ4n) is 1.60. The first-order valence-corrected chi connectivity index (χ1v) is 6.83. The number of thioether (sulfide) groups is 1.